The molecule has 1 aliphatic heterocycles. The van der Waals surface area contributed by atoms with Crippen molar-refractivity contribution in [1.29, 1.82) is 0 Å². The van der Waals surface area contributed by atoms with Crippen LogP contribution in [0.4, 0.5) is 4.39 Å². The minimum atomic E-state index is -0.347. The van der Waals surface area contributed by atoms with Gasteiger partial charge in [0.1, 0.15) is 5.82 Å². The molecule has 1 aliphatic rings. The molecule has 0 saturated heterocycles. The predicted octanol–water partition coefficient (Wildman–Crippen LogP) is 3.12. The highest BCUT2D eigenvalue weighted by Crippen LogP contribution is 2.32. The van der Waals surface area contributed by atoms with Crippen molar-refractivity contribution in [1.82, 2.24) is 0 Å². The van der Waals surface area contributed by atoms with Crippen LogP contribution in [-0.4, -0.2) is 5.75 Å². The molecule has 0 fully saturated rings. The molecule has 0 spiro atoms. The van der Waals surface area contributed by atoms with E-state index in [1.807, 2.05) is 0 Å². The van der Waals surface area contributed by atoms with Crippen molar-refractivity contribution in [2.24, 2.45) is 5.73 Å². The Hall–Kier alpha value is -0.250. The average molecular weight is 232 g/mol. The van der Waals surface area contributed by atoms with Crippen LogP contribution in [0.3, 0.4) is 0 Å². The molecule has 0 radical (unpaired) electrons. The van der Waals surface area contributed by atoms with Gasteiger partial charge in [-0.25, -0.2) is 4.39 Å². The first kappa shape index (κ1) is 10.3. The third-order valence-corrected chi connectivity index (χ3v) is 3.74. The SMILES string of the molecule is NC1CCSCc2cc(F)c(Cl)cc21. The molecule has 2 N–H and O–H groups in total. The lowest BCUT2D eigenvalue weighted by atomic mass is 10.00. The van der Waals surface area contributed by atoms with Crippen LogP contribution in [-0.2, 0) is 5.75 Å². The minimum absolute atomic E-state index is 0.00176. The highest BCUT2D eigenvalue weighted by molar-refractivity contribution is 7.98. The van der Waals surface area contributed by atoms with Crippen LogP contribution in [0.15, 0.2) is 12.1 Å². The Bertz CT molecular complexity index is 356. The van der Waals surface area contributed by atoms with E-state index in [1.165, 1.54) is 6.07 Å². The summed E-state index contributed by atoms with van der Waals surface area (Å²) < 4.78 is 13.2. The Morgan fingerprint density at radius 1 is 1.50 bits per heavy atom. The van der Waals surface area contributed by atoms with E-state index in [0.717, 1.165) is 29.1 Å². The lowest BCUT2D eigenvalue weighted by molar-refractivity contribution is 0.622. The van der Waals surface area contributed by atoms with E-state index in [1.54, 1.807) is 17.8 Å². The van der Waals surface area contributed by atoms with Gasteiger partial charge in [-0.2, -0.15) is 11.8 Å². The summed E-state index contributed by atoms with van der Waals surface area (Å²) in [6, 6.07) is 3.18. The number of thioether (sulfide) groups is 1. The summed E-state index contributed by atoms with van der Waals surface area (Å²) in [5.41, 5.74) is 7.96. The van der Waals surface area contributed by atoms with E-state index >= 15 is 0 Å². The van der Waals surface area contributed by atoms with E-state index in [2.05, 4.69) is 0 Å². The number of hydrogen-bond acceptors (Lipinski definition) is 2. The fourth-order valence-corrected chi connectivity index (χ4v) is 2.83. The molecule has 0 aromatic heterocycles. The van der Waals surface area contributed by atoms with E-state index < -0.39 is 0 Å². The van der Waals surface area contributed by atoms with Crippen LogP contribution < -0.4 is 5.73 Å². The highest BCUT2D eigenvalue weighted by Gasteiger charge is 2.17. The Labute approximate surface area is 91.8 Å². The number of nitrogens with two attached hydrogens (primary N) is 1. The van der Waals surface area contributed by atoms with Crippen LogP contribution in [0.2, 0.25) is 5.02 Å². The monoisotopic (exact) mass is 231 g/mol. The lowest BCUT2D eigenvalue weighted by Crippen LogP contribution is -2.11. The first-order chi connectivity index (χ1) is 6.68. The number of rotatable bonds is 0. The van der Waals surface area contributed by atoms with Crippen LogP contribution >= 0.6 is 23.4 Å². The van der Waals surface area contributed by atoms with Crippen LogP contribution in [0.1, 0.15) is 23.6 Å². The molecular weight excluding hydrogens is 221 g/mol. The van der Waals surface area contributed by atoms with Crippen molar-refractivity contribution in [3.63, 3.8) is 0 Å². The van der Waals surface area contributed by atoms with Gasteiger partial charge < -0.3 is 5.73 Å². The summed E-state index contributed by atoms with van der Waals surface area (Å²) in [4.78, 5) is 0. The number of halogens is 2. The van der Waals surface area contributed by atoms with Crippen LogP contribution in [0, 0.1) is 5.82 Å². The van der Waals surface area contributed by atoms with Gasteiger partial charge in [0.25, 0.3) is 0 Å². The first-order valence-corrected chi connectivity index (χ1v) is 6.03. The molecule has 1 aromatic carbocycles. The van der Waals surface area contributed by atoms with Gasteiger partial charge in [0.15, 0.2) is 0 Å². The quantitative estimate of drug-likeness (QED) is 0.743. The van der Waals surface area contributed by atoms with E-state index in [-0.39, 0.29) is 16.9 Å². The fourth-order valence-electron chi connectivity index (χ4n) is 1.62. The van der Waals surface area contributed by atoms with Gasteiger partial charge in [-0.1, -0.05) is 11.6 Å². The second kappa shape index (κ2) is 4.09. The molecule has 0 aliphatic carbocycles. The molecule has 0 amide bonds. The Morgan fingerprint density at radius 3 is 3.07 bits per heavy atom. The van der Waals surface area contributed by atoms with E-state index in [0.29, 0.717) is 0 Å². The summed E-state index contributed by atoms with van der Waals surface area (Å²) >= 11 is 7.51. The van der Waals surface area contributed by atoms with Gasteiger partial charge in [-0.15, -0.1) is 0 Å². The van der Waals surface area contributed by atoms with Crippen molar-refractivity contribution in [3.8, 4) is 0 Å². The second-order valence-corrected chi connectivity index (χ2v) is 4.93. The van der Waals surface area contributed by atoms with Crippen molar-refractivity contribution in [2.45, 2.75) is 18.2 Å². The minimum Gasteiger partial charge on any atom is -0.324 e. The molecular formula is C10H11ClFNS. The van der Waals surface area contributed by atoms with Crippen molar-refractivity contribution >= 4 is 23.4 Å². The van der Waals surface area contributed by atoms with E-state index in [9.17, 15) is 4.39 Å². The number of fused-ring (bicyclic) bond motifs is 1. The fraction of sp³-hybridized carbons (Fsp3) is 0.400. The van der Waals surface area contributed by atoms with Crippen molar-refractivity contribution in [2.75, 3.05) is 5.75 Å². The van der Waals surface area contributed by atoms with Crippen LogP contribution in [0.25, 0.3) is 0 Å². The zero-order valence-electron chi connectivity index (χ0n) is 7.59. The molecule has 14 heavy (non-hydrogen) atoms. The molecule has 1 heterocycles. The molecule has 76 valence electrons. The van der Waals surface area contributed by atoms with Gasteiger partial charge in [0.2, 0.25) is 0 Å². The summed E-state index contributed by atoms with van der Waals surface area (Å²) in [6.45, 7) is 0. The maximum absolute atomic E-state index is 13.2. The van der Waals surface area contributed by atoms with Gasteiger partial charge in [0, 0.05) is 11.8 Å². The van der Waals surface area contributed by atoms with Crippen molar-refractivity contribution < 1.29 is 4.39 Å². The first-order valence-electron chi connectivity index (χ1n) is 4.49. The highest BCUT2D eigenvalue weighted by atomic mass is 35.5. The topological polar surface area (TPSA) is 26.0 Å². The van der Waals surface area contributed by atoms with Crippen LogP contribution in [0.5, 0.6) is 0 Å². The van der Waals surface area contributed by atoms with E-state index in [4.69, 9.17) is 17.3 Å². The standard InChI is InChI=1S/C10H11ClFNS/c11-8-4-7-6(3-9(8)12)5-14-2-1-10(7)13/h3-4,10H,1-2,5,13H2. The summed E-state index contributed by atoms with van der Waals surface area (Å²) in [7, 11) is 0. The number of benzene rings is 1. The molecule has 4 heteroatoms. The zero-order valence-corrected chi connectivity index (χ0v) is 9.17. The molecule has 0 saturated carbocycles. The van der Waals surface area contributed by atoms with Gasteiger partial charge >= 0.3 is 0 Å². The molecule has 0 bridgehead atoms. The molecule has 1 atom stereocenters. The molecule has 1 nitrogen and oxygen atoms in total. The maximum atomic E-state index is 13.2. The Kier molecular flexibility index (Phi) is 3.00. The number of hydrogen-bond donors (Lipinski definition) is 1. The second-order valence-electron chi connectivity index (χ2n) is 3.41. The summed E-state index contributed by atoms with van der Waals surface area (Å²) in [5.74, 6) is 1.51. The average Bonchev–Trinajstić information content (AvgIpc) is 2.31. The lowest BCUT2D eigenvalue weighted by Gasteiger charge is -2.12. The summed E-state index contributed by atoms with van der Waals surface area (Å²) in [6.07, 6.45) is 0.930. The molecule has 1 unspecified atom stereocenters. The molecule has 2 rings (SSSR count). The van der Waals surface area contributed by atoms with Gasteiger partial charge in [-0.05, 0) is 35.4 Å². The molecule has 1 aromatic rings. The van der Waals surface area contributed by atoms with Crippen molar-refractivity contribution in [3.05, 3.63) is 34.1 Å². The third-order valence-electron chi connectivity index (χ3n) is 2.41. The third kappa shape index (κ3) is 1.90. The summed E-state index contributed by atoms with van der Waals surface area (Å²) in [5, 5.41) is 0.172. The maximum Gasteiger partial charge on any atom is 0.142 e. The predicted molar refractivity (Wildman–Crippen MR) is 59.1 cm³/mol. The zero-order chi connectivity index (χ0) is 10.1. The smallest absolute Gasteiger partial charge is 0.142 e. The van der Waals surface area contributed by atoms with Gasteiger partial charge in [0.05, 0.1) is 5.02 Å². The van der Waals surface area contributed by atoms with Gasteiger partial charge in [-0.3, -0.25) is 0 Å². The Balaban J connectivity index is 2.49. The largest absolute Gasteiger partial charge is 0.324 e. The Morgan fingerprint density at radius 2 is 2.29 bits per heavy atom. The normalized spacial score (nSPS) is 21.5.